The summed E-state index contributed by atoms with van der Waals surface area (Å²) in [6, 6.07) is 20.8. The molecule has 0 aromatic heterocycles. The van der Waals surface area contributed by atoms with E-state index < -0.39 is 0 Å². The molecule has 2 aromatic rings. The van der Waals surface area contributed by atoms with Crippen molar-refractivity contribution < 1.29 is 0 Å². The second-order valence-electron chi connectivity index (χ2n) is 5.17. The Balaban J connectivity index is 2.22. The van der Waals surface area contributed by atoms with E-state index in [4.69, 9.17) is 0 Å². The number of allylic oxidation sites excluding steroid dienone is 5. The third-order valence-corrected chi connectivity index (χ3v) is 3.47. The second kappa shape index (κ2) is 7.44. The Hall–Kier alpha value is -2.34. The first-order valence-corrected chi connectivity index (χ1v) is 7.39. The van der Waals surface area contributed by atoms with Gasteiger partial charge in [0.1, 0.15) is 0 Å². The van der Waals surface area contributed by atoms with Crippen LogP contribution in [0.2, 0.25) is 0 Å². The van der Waals surface area contributed by atoms with Gasteiger partial charge in [0.2, 0.25) is 0 Å². The standard InChI is InChI=1S/C21H22/c1-4-19(21-13-9-6-10-14-21)16-17(2)15-18(3)20-11-7-5-8-12-20/h5-16H,3-4H2,1-2H3/b17-15-,19-16+. The Morgan fingerprint density at radius 3 is 1.90 bits per heavy atom. The molecule has 0 unspecified atom stereocenters. The fourth-order valence-electron chi connectivity index (χ4n) is 2.37. The molecule has 0 heterocycles. The molecule has 2 rings (SSSR count). The molecule has 2 aromatic carbocycles. The van der Waals surface area contributed by atoms with Crippen LogP contribution in [-0.2, 0) is 0 Å². The summed E-state index contributed by atoms with van der Waals surface area (Å²) in [6.07, 6.45) is 5.42. The fraction of sp³-hybridized carbons (Fsp3) is 0.143. The lowest BCUT2D eigenvalue weighted by Gasteiger charge is -2.06. The molecule has 0 bridgehead atoms. The van der Waals surface area contributed by atoms with E-state index in [1.54, 1.807) is 0 Å². The highest BCUT2D eigenvalue weighted by atomic mass is 14.0. The molecule has 0 amide bonds. The van der Waals surface area contributed by atoms with Crippen molar-refractivity contribution in [2.75, 3.05) is 0 Å². The van der Waals surface area contributed by atoms with Gasteiger partial charge in [0.05, 0.1) is 0 Å². The van der Waals surface area contributed by atoms with Gasteiger partial charge in [0.15, 0.2) is 0 Å². The van der Waals surface area contributed by atoms with Crippen molar-refractivity contribution in [3.8, 4) is 0 Å². The molecule has 0 heteroatoms. The van der Waals surface area contributed by atoms with Gasteiger partial charge in [-0.2, -0.15) is 0 Å². The number of benzene rings is 2. The van der Waals surface area contributed by atoms with Crippen LogP contribution >= 0.6 is 0 Å². The highest BCUT2D eigenvalue weighted by molar-refractivity contribution is 5.75. The zero-order valence-corrected chi connectivity index (χ0v) is 12.8. The highest BCUT2D eigenvalue weighted by Crippen LogP contribution is 2.21. The minimum Gasteiger partial charge on any atom is -0.0912 e. The smallest absolute Gasteiger partial charge is 0.0190 e. The molecule has 106 valence electrons. The molecule has 0 aliphatic carbocycles. The normalized spacial score (nSPS) is 12.3. The second-order valence-corrected chi connectivity index (χ2v) is 5.17. The first-order chi connectivity index (χ1) is 10.2. The van der Waals surface area contributed by atoms with Crippen LogP contribution in [0.3, 0.4) is 0 Å². The van der Waals surface area contributed by atoms with Crippen LogP contribution in [0, 0.1) is 0 Å². The summed E-state index contributed by atoms with van der Waals surface area (Å²) in [5, 5.41) is 0. The molecule has 0 saturated carbocycles. The van der Waals surface area contributed by atoms with Crippen LogP contribution in [0.25, 0.3) is 11.1 Å². The van der Waals surface area contributed by atoms with Crippen molar-refractivity contribution in [2.24, 2.45) is 0 Å². The molecule has 0 atom stereocenters. The van der Waals surface area contributed by atoms with E-state index in [0.717, 1.165) is 12.0 Å². The van der Waals surface area contributed by atoms with Crippen molar-refractivity contribution in [1.29, 1.82) is 0 Å². The minimum atomic E-state index is 1.02. The first-order valence-electron chi connectivity index (χ1n) is 7.39. The van der Waals surface area contributed by atoms with Gasteiger partial charge in [-0.25, -0.2) is 0 Å². The van der Waals surface area contributed by atoms with E-state index in [0.29, 0.717) is 0 Å². The van der Waals surface area contributed by atoms with Crippen LogP contribution in [-0.4, -0.2) is 0 Å². The van der Waals surface area contributed by atoms with Gasteiger partial charge in [0.25, 0.3) is 0 Å². The molecule has 0 N–H and O–H groups in total. The Morgan fingerprint density at radius 2 is 1.38 bits per heavy atom. The van der Waals surface area contributed by atoms with E-state index in [1.165, 1.54) is 22.3 Å². The van der Waals surface area contributed by atoms with Gasteiger partial charge >= 0.3 is 0 Å². The minimum absolute atomic E-state index is 1.02. The maximum atomic E-state index is 4.17. The van der Waals surface area contributed by atoms with Gasteiger partial charge in [-0.15, -0.1) is 0 Å². The summed E-state index contributed by atoms with van der Waals surface area (Å²) >= 11 is 0. The van der Waals surface area contributed by atoms with Gasteiger partial charge in [0, 0.05) is 0 Å². The maximum absolute atomic E-state index is 4.17. The monoisotopic (exact) mass is 274 g/mol. The summed E-state index contributed by atoms with van der Waals surface area (Å²) < 4.78 is 0. The molecule has 0 spiro atoms. The molecule has 21 heavy (non-hydrogen) atoms. The van der Waals surface area contributed by atoms with Crippen molar-refractivity contribution in [2.45, 2.75) is 20.3 Å². The summed E-state index contributed by atoms with van der Waals surface area (Å²) in [6.45, 7) is 8.49. The molecule has 0 aliphatic rings. The van der Waals surface area contributed by atoms with E-state index in [-0.39, 0.29) is 0 Å². The molecule has 0 nitrogen and oxygen atoms in total. The lowest BCUT2D eigenvalue weighted by atomic mass is 9.99. The average molecular weight is 274 g/mol. The van der Waals surface area contributed by atoms with Gasteiger partial charge in [-0.1, -0.05) is 91.9 Å². The molecule has 0 saturated heterocycles. The Bertz CT molecular complexity index is 643. The van der Waals surface area contributed by atoms with Crippen LogP contribution in [0.4, 0.5) is 0 Å². The lowest BCUT2D eigenvalue weighted by molar-refractivity contribution is 1.23. The topological polar surface area (TPSA) is 0 Å². The first kappa shape index (κ1) is 15.1. The maximum Gasteiger partial charge on any atom is -0.0190 e. The number of hydrogen-bond acceptors (Lipinski definition) is 0. The van der Waals surface area contributed by atoms with Crippen LogP contribution in [0.15, 0.2) is 85.0 Å². The Kier molecular flexibility index (Phi) is 5.34. The number of hydrogen-bond donors (Lipinski definition) is 0. The van der Waals surface area contributed by atoms with Crippen LogP contribution in [0.5, 0.6) is 0 Å². The van der Waals surface area contributed by atoms with Crippen LogP contribution in [0.1, 0.15) is 31.4 Å². The van der Waals surface area contributed by atoms with Gasteiger partial charge < -0.3 is 0 Å². The summed E-state index contributed by atoms with van der Waals surface area (Å²) in [7, 11) is 0. The SMILES string of the molecule is C=C(/C=C(C)\C=C(/CC)c1ccccc1)c1ccccc1. The van der Waals surface area contributed by atoms with Crippen molar-refractivity contribution in [3.05, 3.63) is 96.1 Å². The Morgan fingerprint density at radius 1 is 0.857 bits per heavy atom. The zero-order valence-electron chi connectivity index (χ0n) is 12.8. The van der Waals surface area contributed by atoms with Crippen molar-refractivity contribution in [3.63, 3.8) is 0 Å². The van der Waals surface area contributed by atoms with Gasteiger partial charge in [-0.3, -0.25) is 0 Å². The summed E-state index contributed by atoms with van der Waals surface area (Å²) in [5.74, 6) is 0. The number of rotatable bonds is 5. The highest BCUT2D eigenvalue weighted by Gasteiger charge is 1.99. The van der Waals surface area contributed by atoms with E-state index in [1.807, 2.05) is 18.2 Å². The largest absolute Gasteiger partial charge is 0.0912 e. The van der Waals surface area contributed by atoms with Crippen LogP contribution < -0.4 is 0 Å². The quantitative estimate of drug-likeness (QED) is 0.574. The third kappa shape index (κ3) is 4.32. The predicted molar refractivity (Wildman–Crippen MR) is 93.9 cm³/mol. The molecular weight excluding hydrogens is 252 g/mol. The van der Waals surface area contributed by atoms with E-state index in [9.17, 15) is 0 Å². The zero-order chi connectivity index (χ0) is 15.1. The summed E-state index contributed by atoms with van der Waals surface area (Å²) in [5.41, 5.74) is 6.09. The van der Waals surface area contributed by atoms with Gasteiger partial charge in [-0.05, 0) is 35.6 Å². The molecule has 0 radical (unpaired) electrons. The van der Waals surface area contributed by atoms with E-state index in [2.05, 4.69) is 75.0 Å². The third-order valence-electron chi connectivity index (χ3n) is 3.47. The molecule has 0 fully saturated rings. The summed E-state index contributed by atoms with van der Waals surface area (Å²) in [4.78, 5) is 0. The van der Waals surface area contributed by atoms with Crippen molar-refractivity contribution >= 4 is 11.1 Å². The fourth-order valence-corrected chi connectivity index (χ4v) is 2.37. The Labute approximate surface area is 128 Å². The molecule has 0 aliphatic heterocycles. The van der Waals surface area contributed by atoms with Crippen molar-refractivity contribution in [1.82, 2.24) is 0 Å². The lowest BCUT2D eigenvalue weighted by Crippen LogP contribution is -1.84. The van der Waals surface area contributed by atoms with E-state index >= 15 is 0 Å². The average Bonchev–Trinajstić information content (AvgIpc) is 2.54. The predicted octanol–water partition coefficient (Wildman–Crippen LogP) is 6.14. The molecular formula is C21H22.